The average Bonchev–Trinajstić information content (AvgIpc) is 2.82. The van der Waals surface area contributed by atoms with Gasteiger partial charge in [-0.2, -0.15) is 4.98 Å². The number of nitro groups is 1. The Labute approximate surface area is 108 Å². The molecule has 0 atom stereocenters. The van der Waals surface area contributed by atoms with Crippen LogP contribution in [0.5, 0.6) is 5.75 Å². The number of anilines is 1. The van der Waals surface area contributed by atoms with Crippen LogP contribution in [0.2, 0.25) is 0 Å². The van der Waals surface area contributed by atoms with Crippen LogP contribution in [0.1, 0.15) is 13.3 Å². The van der Waals surface area contributed by atoms with Gasteiger partial charge in [-0.1, -0.05) is 12.1 Å². The van der Waals surface area contributed by atoms with Gasteiger partial charge in [0.1, 0.15) is 0 Å². The Morgan fingerprint density at radius 2 is 2.32 bits per heavy atom. The molecule has 1 aromatic heterocycles. The minimum absolute atomic E-state index is 0.0936. The first-order valence-corrected chi connectivity index (χ1v) is 5.62. The summed E-state index contributed by atoms with van der Waals surface area (Å²) in [6.45, 7) is 2.33. The number of ether oxygens (including phenoxy) is 1. The number of nitro benzene ring substituents is 1. The fraction of sp³-hybridized carbons (Fsp3) is 0.273. The summed E-state index contributed by atoms with van der Waals surface area (Å²) in [4.78, 5) is 14.3. The van der Waals surface area contributed by atoms with Crippen molar-refractivity contribution in [2.75, 3.05) is 12.3 Å². The van der Waals surface area contributed by atoms with Gasteiger partial charge in [-0.3, -0.25) is 10.1 Å². The Morgan fingerprint density at radius 1 is 1.53 bits per heavy atom. The molecule has 8 nitrogen and oxygen atoms in total. The largest absolute Gasteiger partial charge is 0.487 e. The third kappa shape index (κ3) is 2.79. The molecule has 2 rings (SSSR count). The van der Waals surface area contributed by atoms with E-state index in [1.54, 1.807) is 6.07 Å². The Bertz CT molecular complexity index is 596. The highest BCUT2D eigenvalue weighted by molar-refractivity contribution is 5.63. The zero-order chi connectivity index (χ0) is 13.8. The van der Waals surface area contributed by atoms with E-state index in [2.05, 4.69) is 14.7 Å². The minimum Gasteiger partial charge on any atom is -0.487 e. The molecular formula is C11H12N4O4. The van der Waals surface area contributed by atoms with Crippen LogP contribution in [-0.4, -0.2) is 21.7 Å². The smallest absolute Gasteiger partial charge is 0.319 e. The SMILES string of the molecule is CCCOc1ccc(-c2noc(N)n2)cc1[N+](=O)[O-]. The highest BCUT2D eigenvalue weighted by Crippen LogP contribution is 2.31. The molecule has 0 aliphatic rings. The van der Waals surface area contributed by atoms with Gasteiger partial charge in [-0.25, -0.2) is 0 Å². The number of nitrogen functional groups attached to an aromatic ring is 1. The maximum Gasteiger partial charge on any atom is 0.319 e. The summed E-state index contributed by atoms with van der Waals surface area (Å²) >= 11 is 0. The van der Waals surface area contributed by atoms with E-state index in [1.165, 1.54) is 12.1 Å². The second-order valence-corrected chi connectivity index (χ2v) is 3.74. The van der Waals surface area contributed by atoms with Gasteiger partial charge in [0.15, 0.2) is 5.75 Å². The van der Waals surface area contributed by atoms with E-state index in [1.807, 2.05) is 6.92 Å². The summed E-state index contributed by atoms with van der Waals surface area (Å²) in [6, 6.07) is 4.36. The van der Waals surface area contributed by atoms with Crippen molar-refractivity contribution >= 4 is 11.7 Å². The van der Waals surface area contributed by atoms with Crippen LogP contribution in [0.3, 0.4) is 0 Å². The second-order valence-electron chi connectivity index (χ2n) is 3.74. The lowest BCUT2D eigenvalue weighted by molar-refractivity contribution is -0.385. The van der Waals surface area contributed by atoms with E-state index in [4.69, 9.17) is 10.5 Å². The quantitative estimate of drug-likeness (QED) is 0.648. The molecule has 0 saturated heterocycles. The molecule has 0 fully saturated rings. The van der Waals surface area contributed by atoms with Crippen molar-refractivity contribution in [3.05, 3.63) is 28.3 Å². The molecule has 8 heteroatoms. The Morgan fingerprint density at radius 3 is 2.89 bits per heavy atom. The standard InChI is InChI=1S/C11H12N4O4/c1-2-5-18-9-4-3-7(6-8(9)15(16)17)10-13-11(12)19-14-10/h3-4,6H,2,5H2,1H3,(H2,12,13,14). The molecule has 100 valence electrons. The van der Waals surface area contributed by atoms with Crippen molar-refractivity contribution in [2.45, 2.75) is 13.3 Å². The summed E-state index contributed by atoms with van der Waals surface area (Å²) in [7, 11) is 0. The van der Waals surface area contributed by atoms with E-state index in [0.717, 1.165) is 6.42 Å². The van der Waals surface area contributed by atoms with Crippen molar-refractivity contribution in [1.29, 1.82) is 0 Å². The van der Waals surface area contributed by atoms with Crippen LogP contribution in [0, 0.1) is 10.1 Å². The van der Waals surface area contributed by atoms with Crippen LogP contribution in [0.25, 0.3) is 11.4 Å². The van der Waals surface area contributed by atoms with Crippen molar-refractivity contribution in [3.63, 3.8) is 0 Å². The van der Waals surface area contributed by atoms with Crippen LogP contribution in [0.15, 0.2) is 22.7 Å². The molecule has 0 bridgehead atoms. The lowest BCUT2D eigenvalue weighted by atomic mass is 10.2. The highest BCUT2D eigenvalue weighted by Gasteiger charge is 2.18. The zero-order valence-corrected chi connectivity index (χ0v) is 10.2. The molecule has 0 saturated carbocycles. The van der Waals surface area contributed by atoms with Crippen LogP contribution < -0.4 is 10.5 Å². The van der Waals surface area contributed by atoms with Gasteiger partial charge in [-0.15, -0.1) is 0 Å². The van der Waals surface area contributed by atoms with Gasteiger partial charge in [0.2, 0.25) is 5.82 Å². The Kier molecular flexibility index (Phi) is 3.60. The highest BCUT2D eigenvalue weighted by atomic mass is 16.6. The second kappa shape index (κ2) is 5.34. The Balaban J connectivity index is 2.38. The molecule has 0 amide bonds. The van der Waals surface area contributed by atoms with E-state index in [0.29, 0.717) is 12.2 Å². The molecule has 0 spiro atoms. The third-order valence-electron chi connectivity index (χ3n) is 2.32. The number of benzene rings is 1. The maximum absolute atomic E-state index is 11.0. The van der Waals surface area contributed by atoms with Gasteiger partial charge in [0.25, 0.3) is 0 Å². The Hall–Kier alpha value is -2.64. The first-order valence-electron chi connectivity index (χ1n) is 5.62. The fourth-order valence-electron chi connectivity index (χ4n) is 1.49. The monoisotopic (exact) mass is 264 g/mol. The number of nitrogens with two attached hydrogens (primary N) is 1. The summed E-state index contributed by atoms with van der Waals surface area (Å²) in [5, 5.41) is 14.6. The van der Waals surface area contributed by atoms with Crippen LogP contribution in [0.4, 0.5) is 11.7 Å². The molecule has 0 radical (unpaired) electrons. The fourth-order valence-corrected chi connectivity index (χ4v) is 1.49. The lowest BCUT2D eigenvalue weighted by Crippen LogP contribution is -1.99. The van der Waals surface area contributed by atoms with Crippen LogP contribution in [-0.2, 0) is 0 Å². The zero-order valence-electron chi connectivity index (χ0n) is 10.2. The number of aromatic nitrogens is 2. The van der Waals surface area contributed by atoms with E-state index in [-0.39, 0.29) is 23.3 Å². The average molecular weight is 264 g/mol. The van der Waals surface area contributed by atoms with Gasteiger partial charge in [0.05, 0.1) is 11.5 Å². The first-order chi connectivity index (χ1) is 9.11. The summed E-state index contributed by atoms with van der Waals surface area (Å²) < 4.78 is 9.94. The number of hydrogen-bond acceptors (Lipinski definition) is 7. The molecule has 0 aliphatic carbocycles. The van der Waals surface area contributed by atoms with E-state index >= 15 is 0 Å². The molecule has 1 aromatic carbocycles. The molecule has 0 unspecified atom stereocenters. The van der Waals surface area contributed by atoms with Crippen molar-refractivity contribution < 1.29 is 14.2 Å². The van der Waals surface area contributed by atoms with Gasteiger partial charge in [-0.05, 0) is 18.6 Å². The molecular weight excluding hydrogens is 252 g/mol. The van der Waals surface area contributed by atoms with Crippen molar-refractivity contribution in [2.24, 2.45) is 0 Å². The topological polar surface area (TPSA) is 117 Å². The maximum atomic E-state index is 11.0. The summed E-state index contributed by atoms with van der Waals surface area (Å²) in [5.41, 5.74) is 5.61. The predicted octanol–water partition coefficient (Wildman–Crippen LogP) is 2.02. The molecule has 2 aromatic rings. The molecule has 2 N–H and O–H groups in total. The van der Waals surface area contributed by atoms with Crippen LogP contribution >= 0.6 is 0 Å². The van der Waals surface area contributed by atoms with Gasteiger partial charge < -0.3 is 15.0 Å². The first kappa shape index (κ1) is 12.8. The van der Waals surface area contributed by atoms with E-state index in [9.17, 15) is 10.1 Å². The molecule has 0 aliphatic heterocycles. The predicted molar refractivity (Wildman–Crippen MR) is 66.6 cm³/mol. The molecule has 19 heavy (non-hydrogen) atoms. The molecule has 1 heterocycles. The van der Waals surface area contributed by atoms with E-state index < -0.39 is 4.92 Å². The number of rotatable bonds is 5. The summed E-state index contributed by atoms with van der Waals surface area (Å²) in [5.74, 6) is 0.412. The van der Waals surface area contributed by atoms with Gasteiger partial charge in [0, 0.05) is 11.6 Å². The van der Waals surface area contributed by atoms with Crippen molar-refractivity contribution in [1.82, 2.24) is 10.1 Å². The summed E-state index contributed by atoms with van der Waals surface area (Å²) in [6.07, 6.45) is 0.764. The normalized spacial score (nSPS) is 10.4. The third-order valence-corrected chi connectivity index (χ3v) is 2.32. The van der Waals surface area contributed by atoms with Gasteiger partial charge >= 0.3 is 11.7 Å². The minimum atomic E-state index is -0.516. The lowest BCUT2D eigenvalue weighted by Gasteiger charge is -2.05. The van der Waals surface area contributed by atoms with Crippen molar-refractivity contribution in [3.8, 4) is 17.1 Å². The number of nitrogens with zero attached hydrogens (tertiary/aromatic N) is 3. The number of hydrogen-bond donors (Lipinski definition) is 1.